The van der Waals surface area contributed by atoms with E-state index in [1.807, 2.05) is 31.2 Å². The van der Waals surface area contributed by atoms with Crippen molar-refractivity contribution in [2.45, 2.75) is 23.8 Å². The lowest BCUT2D eigenvalue weighted by Crippen LogP contribution is -2.11. The zero-order valence-electron chi connectivity index (χ0n) is 15.2. The smallest absolute Gasteiger partial charge is 0.319 e. The number of para-hydroxylation sites is 1. The van der Waals surface area contributed by atoms with E-state index in [0.717, 1.165) is 11.3 Å². The van der Waals surface area contributed by atoms with Crippen molar-refractivity contribution in [1.29, 1.82) is 0 Å². The number of cyclic esters (lactones) is 1. The van der Waals surface area contributed by atoms with Crippen molar-refractivity contribution < 1.29 is 18.7 Å². The highest BCUT2D eigenvalue weighted by Gasteiger charge is 2.30. The fourth-order valence-electron chi connectivity index (χ4n) is 2.96. The van der Waals surface area contributed by atoms with Gasteiger partial charge in [0.1, 0.15) is 16.8 Å². The third kappa shape index (κ3) is 3.60. The molecule has 6 nitrogen and oxygen atoms in total. The first kappa shape index (κ1) is 18.5. The summed E-state index contributed by atoms with van der Waals surface area (Å²) in [5, 5.41) is 8.59. The molecule has 1 aliphatic rings. The highest BCUT2D eigenvalue weighted by molar-refractivity contribution is 8.00. The number of thioether (sulfide) groups is 1. The lowest BCUT2D eigenvalue weighted by atomic mass is 10.2. The van der Waals surface area contributed by atoms with Crippen molar-refractivity contribution in [3.05, 3.63) is 54.3 Å². The van der Waals surface area contributed by atoms with Gasteiger partial charge in [0.25, 0.3) is 0 Å². The second-order valence-electron chi connectivity index (χ2n) is 6.11. The lowest BCUT2D eigenvalue weighted by Gasteiger charge is -2.12. The van der Waals surface area contributed by atoms with E-state index in [1.165, 1.54) is 17.8 Å². The van der Waals surface area contributed by atoms with Crippen molar-refractivity contribution in [3.8, 4) is 22.8 Å². The summed E-state index contributed by atoms with van der Waals surface area (Å²) >= 11 is 1.24. The Morgan fingerprint density at radius 2 is 2.00 bits per heavy atom. The number of benzene rings is 2. The van der Waals surface area contributed by atoms with E-state index in [0.29, 0.717) is 36.3 Å². The Kier molecular flexibility index (Phi) is 5.29. The maximum absolute atomic E-state index is 14.6. The number of halogens is 1. The summed E-state index contributed by atoms with van der Waals surface area (Å²) < 4.78 is 26.7. The van der Waals surface area contributed by atoms with Crippen LogP contribution in [0.1, 0.15) is 13.3 Å². The highest BCUT2D eigenvalue weighted by Crippen LogP contribution is 2.34. The summed E-state index contributed by atoms with van der Waals surface area (Å²) in [5.41, 5.74) is 1.09. The maximum Gasteiger partial charge on any atom is 0.319 e. The van der Waals surface area contributed by atoms with Gasteiger partial charge in [-0.3, -0.25) is 9.36 Å². The summed E-state index contributed by atoms with van der Waals surface area (Å²) in [6, 6.07) is 13.8. The number of hydrogen-bond acceptors (Lipinski definition) is 6. The minimum absolute atomic E-state index is 0.282. The monoisotopic (exact) mass is 399 g/mol. The molecule has 8 heteroatoms. The molecule has 144 valence electrons. The van der Waals surface area contributed by atoms with Gasteiger partial charge in [0, 0.05) is 12.0 Å². The van der Waals surface area contributed by atoms with Gasteiger partial charge in [-0.15, -0.1) is 10.2 Å². The largest absolute Gasteiger partial charge is 0.494 e. The van der Waals surface area contributed by atoms with Crippen LogP contribution in [0.25, 0.3) is 17.1 Å². The van der Waals surface area contributed by atoms with E-state index >= 15 is 0 Å². The second-order valence-corrected chi connectivity index (χ2v) is 7.28. The van der Waals surface area contributed by atoms with Crippen LogP contribution in [0.3, 0.4) is 0 Å². The van der Waals surface area contributed by atoms with Crippen molar-refractivity contribution >= 4 is 17.7 Å². The fraction of sp³-hybridized carbons (Fsp3) is 0.250. The van der Waals surface area contributed by atoms with Crippen LogP contribution >= 0.6 is 11.8 Å². The fourth-order valence-corrected chi connectivity index (χ4v) is 3.97. The van der Waals surface area contributed by atoms with Gasteiger partial charge >= 0.3 is 5.97 Å². The quantitative estimate of drug-likeness (QED) is 0.586. The van der Waals surface area contributed by atoms with Gasteiger partial charge in [0.05, 0.1) is 18.9 Å². The first-order valence-electron chi connectivity index (χ1n) is 8.94. The first-order valence-corrected chi connectivity index (χ1v) is 9.82. The molecule has 2 aromatic carbocycles. The molecule has 1 fully saturated rings. The molecule has 1 saturated heterocycles. The van der Waals surface area contributed by atoms with E-state index in [-0.39, 0.29) is 11.2 Å². The molecule has 0 unspecified atom stereocenters. The molecule has 3 aromatic rings. The Labute approximate surface area is 165 Å². The zero-order chi connectivity index (χ0) is 19.5. The molecule has 28 heavy (non-hydrogen) atoms. The number of hydrogen-bond donors (Lipinski definition) is 0. The van der Waals surface area contributed by atoms with Gasteiger partial charge in [-0.25, -0.2) is 4.39 Å². The number of rotatable bonds is 6. The molecule has 0 saturated carbocycles. The van der Waals surface area contributed by atoms with E-state index in [4.69, 9.17) is 9.47 Å². The van der Waals surface area contributed by atoms with Crippen molar-refractivity contribution in [3.63, 3.8) is 0 Å². The molecule has 1 aromatic heterocycles. The van der Waals surface area contributed by atoms with Crippen molar-refractivity contribution in [2.24, 2.45) is 0 Å². The molecule has 1 atom stereocenters. The zero-order valence-corrected chi connectivity index (χ0v) is 16.0. The lowest BCUT2D eigenvalue weighted by molar-refractivity contribution is -0.137. The van der Waals surface area contributed by atoms with Gasteiger partial charge in [0.15, 0.2) is 11.0 Å². The Morgan fingerprint density at radius 3 is 2.68 bits per heavy atom. The topological polar surface area (TPSA) is 66.2 Å². The molecule has 0 amide bonds. The normalized spacial score (nSPS) is 16.2. The molecule has 0 spiro atoms. The standard InChI is InChI=1S/C20H18FN3O3S/c1-2-26-14-9-7-13(8-10-14)18-22-23-20(28-17-11-12-27-19(17)25)24(18)16-6-4-3-5-15(16)21/h3-10,17H,2,11-12H2,1H3/t17-/m0/s1. The van der Waals surface area contributed by atoms with Crippen LogP contribution < -0.4 is 4.74 Å². The Balaban J connectivity index is 1.78. The van der Waals surface area contributed by atoms with Gasteiger partial charge < -0.3 is 9.47 Å². The number of nitrogens with zero attached hydrogens (tertiary/aromatic N) is 3. The Morgan fingerprint density at radius 1 is 1.21 bits per heavy atom. The predicted octanol–water partition coefficient (Wildman–Crippen LogP) is 3.88. The molecule has 0 radical (unpaired) electrons. The second kappa shape index (κ2) is 8.02. The third-order valence-electron chi connectivity index (χ3n) is 4.29. The van der Waals surface area contributed by atoms with Gasteiger partial charge in [-0.2, -0.15) is 0 Å². The molecule has 4 rings (SSSR count). The predicted molar refractivity (Wildman–Crippen MR) is 103 cm³/mol. The average Bonchev–Trinajstić information content (AvgIpc) is 3.30. The van der Waals surface area contributed by atoms with Crippen LogP contribution in [0.15, 0.2) is 53.7 Å². The highest BCUT2D eigenvalue weighted by atomic mass is 32.2. The molecule has 0 N–H and O–H groups in total. The first-order chi connectivity index (χ1) is 13.7. The molecule has 2 heterocycles. The number of carbonyl (C=O) groups excluding carboxylic acids is 1. The number of aromatic nitrogens is 3. The van der Waals surface area contributed by atoms with Gasteiger partial charge in [0.2, 0.25) is 0 Å². The molecule has 0 bridgehead atoms. The van der Waals surface area contributed by atoms with E-state index in [2.05, 4.69) is 10.2 Å². The van der Waals surface area contributed by atoms with Crippen LogP contribution in [0, 0.1) is 5.82 Å². The summed E-state index contributed by atoms with van der Waals surface area (Å²) in [5.74, 6) is 0.551. The van der Waals surface area contributed by atoms with E-state index in [1.54, 1.807) is 22.8 Å². The van der Waals surface area contributed by atoms with E-state index in [9.17, 15) is 9.18 Å². The van der Waals surface area contributed by atoms with E-state index < -0.39 is 5.82 Å². The van der Waals surface area contributed by atoms with Crippen molar-refractivity contribution in [1.82, 2.24) is 14.8 Å². The molecule has 1 aliphatic heterocycles. The van der Waals surface area contributed by atoms with Gasteiger partial charge in [-0.05, 0) is 43.3 Å². The molecular formula is C20H18FN3O3S. The van der Waals surface area contributed by atoms with Crippen LogP contribution in [0.4, 0.5) is 4.39 Å². The minimum Gasteiger partial charge on any atom is -0.494 e. The Hall–Kier alpha value is -2.87. The number of esters is 1. The van der Waals surface area contributed by atoms with Crippen LogP contribution in [0.2, 0.25) is 0 Å². The third-order valence-corrected chi connectivity index (χ3v) is 5.47. The Bertz CT molecular complexity index is 991. The summed E-state index contributed by atoms with van der Waals surface area (Å²) in [4.78, 5) is 11.9. The maximum atomic E-state index is 14.6. The number of ether oxygens (including phenoxy) is 2. The van der Waals surface area contributed by atoms with Crippen LogP contribution in [-0.4, -0.2) is 39.2 Å². The number of carbonyl (C=O) groups is 1. The van der Waals surface area contributed by atoms with Gasteiger partial charge in [-0.1, -0.05) is 23.9 Å². The summed E-state index contributed by atoms with van der Waals surface area (Å²) in [6.45, 7) is 2.87. The molecular weight excluding hydrogens is 381 g/mol. The van der Waals surface area contributed by atoms with Crippen LogP contribution in [0.5, 0.6) is 5.75 Å². The summed E-state index contributed by atoms with van der Waals surface area (Å²) in [6.07, 6.45) is 0.589. The van der Waals surface area contributed by atoms with Crippen LogP contribution in [-0.2, 0) is 9.53 Å². The van der Waals surface area contributed by atoms with Crippen molar-refractivity contribution in [2.75, 3.05) is 13.2 Å². The minimum atomic E-state index is -0.398. The molecule has 0 aliphatic carbocycles. The summed E-state index contributed by atoms with van der Waals surface area (Å²) in [7, 11) is 0. The SMILES string of the molecule is CCOc1ccc(-c2nnc(S[C@H]3CCOC3=O)n2-c2ccccc2F)cc1. The average molecular weight is 399 g/mol.